The zero-order valence-corrected chi connectivity index (χ0v) is 11.0. The maximum atomic E-state index is 13.1. The van der Waals surface area contributed by atoms with Gasteiger partial charge in [0.2, 0.25) is 0 Å². The highest BCUT2D eigenvalue weighted by molar-refractivity contribution is 5.50. The van der Waals surface area contributed by atoms with Gasteiger partial charge in [0, 0.05) is 18.7 Å². The molecule has 1 aromatic carbocycles. The van der Waals surface area contributed by atoms with Crippen molar-refractivity contribution in [2.45, 2.75) is 6.92 Å². The molecule has 1 aromatic heterocycles. The summed E-state index contributed by atoms with van der Waals surface area (Å²) in [5, 5.41) is 13.8. The second kappa shape index (κ2) is 6.12. The minimum atomic E-state index is -1.11. The first-order valence-electron chi connectivity index (χ1n) is 6.03. The summed E-state index contributed by atoms with van der Waals surface area (Å²) in [6.07, 6.45) is 0. The number of nitrogens with zero attached hydrogens (tertiary/aromatic N) is 2. The number of halogens is 2. The van der Waals surface area contributed by atoms with E-state index in [2.05, 4.69) is 10.3 Å². The molecular formula is C13H11F2N3O3. The molecule has 0 aliphatic heterocycles. The molecule has 110 valence electrons. The van der Waals surface area contributed by atoms with E-state index in [1.165, 1.54) is 12.1 Å². The Morgan fingerprint density at radius 2 is 2.05 bits per heavy atom. The number of pyridine rings is 1. The van der Waals surface area contributed by atoms with Crippen molar-refractivity contribution in [3.63, 3.8) is 0 Å². The SMILES string of the molecule is CCNc1ccc([N+](=O)[O-])c(Oc2ccc(F)c(F)c2)n1. The van der Waals surface area contributed by atoms with E-state index in [-0.39, 0.29) is 17.3 Å². The lowest BCUT2D eigenvalue weighted by Gasteiger charge is -2.08. The zero-order chi connectivity index (χ0) is 15.4. The number of ether oxygens (including phenoxy) is 1. The summed E-state index contributed by atoms with van der Waals surface area (Å²) in [5.41, 5.74) is -0.374. The summed E-state index contributed by atoms with van der Waals surface area (Å²) in [4.78, 5) is 14.2. The molecule has 0 aliphatic carbocycles. The van der Waals surface area contributed by atoms with Crippen LogP contribution in [0.1, 0.15) is 6.92 Å². The van der Waals surface area contributed by atoms with E-state index >= 15 is 0 Å². The highest BCUT2D eigenvalue weighted by Crippen LogP contribution is 2.31. The summed E-state index contributed by atoms with van der Waals surface area (Å²) in [6, 6.07) is 5.47. The van der Waals surface area contributed by atoms with Crippen LogP contribution in [-0.4, -0.2) is 16.5 Å². The van der Waals surface area contributed by atoms with Gasteiger partial charge in [-0.3, -0.25) is 10.1 Å². The van der Waals surface area contributed by atoms with Crippen molar-refractivity contribution in [3.05, 3.63) is 52.1 Å². The van der Waals surface area contributed by atoms with Crippen LogP contribution in [0, 0.1) is 21.7 Å². The van der Waals surface area contributed by atoms with E-state index in [1.54, 1.807) is 0 Å². The van der Waals surface area contributed by atoms with Crippen LogP contribution in [-0.2, 0) is 0 Å². The normalized spacial score (nSPS) is 10.2. The zero-order valence-electron chi connectivity index (χ0n) is 11.0. The standard InChI is InChI=1S/C13H11F2N3O3/c1-2-16-12-6-5-11(18(19)20)13(17-12)21-8-3-4-9(14)10(15)7-8/h3-7H,2H2,1H3,(H,16,17). The van der Waals surface area contributed by atoms with Gasteiger partial charge >= 0.3 is 11.6 Å². The second-order valence-corrected chi connectivity index (χ2v) is 3.99. The molecule has 0 unspecified atom stereocenters. The number of nitro groups is 1. The summed E-state index contributed by atoms with van der Waals surface area (Å²) >= 11 is 0. The third kappa shape index (κ3) is 3.41. The maximum absolute atomic E-state index is 13.1. The molecule has 2 aromatic rings. The van der Waals surface area contributed by atoms with Gasteiger partial charge in [0.25, 0.3) is 0 Å². The molecule has 0 bridgehead atoms. The fourth-order valence-electron chi connectivity index (χ4n) is 1.58. The highest BCUT2D eigenvalue weighted by Gasteiger charge is 2.19. The lowest BCUT2D eigenvalue weighted by atomic mass is 10.3. The van der Waals surface area contributed by atoms with Gasteiger partial charge in [-0.25, -0.2) is 8.78 Å². The van der Waals surface area contributed by atoms with Gasteiger partial charge in [0.15, 0.2) is 11.6 Å². The van der Waals surface area contributed by atoms with E-state index in [4.69, 9.17) is 4.74 Å². The van der Waals surface area contributed by atoms with Crippen LogP contribution >= 0.6 is 0 Å². The van der Waals surface area contributed by atoms with Gasteiger partial charge in [-0.2, -0.15) is 4.98 Å². The van der Waals surface area contributed by atoms with Crippen molar-refractivity contribution >= 4 is 11.5 Å². The topological polar surface area (TPSA) is 77.3 Å². The largest absolute Gasteiger partial charge is 0.434 e. The molecule has 1 heterocycles. The van der Waals surface area contributed by atoms with Gasteiger partial charge in [0.1, 0.15) is 11.6 Å². The van der Waals surface area contributed by atoms with Crippen LogP contribution in [0.15, 0.2) is 30.3 Å². The van der Waals surface area contributed by atoms with Crippen molar-refractivity contribution in [2.75, 3.05) is 11.9 Å². The van der Waals surface area contributed by atoms with Crippen molar-refractivity contribution < 1.29 is 18.4 Å². The van der Waals surface area contributed by atoms with Gasteiger partial charge in [-0.1, -0.05) is 0 Å². The summed E-state index contributed by atoms with van der Waals surface area (Å²) in [7, 11) is 0. The number of hydrogen-bond acceptors (Lipinski definition) is 5. The first kappa shape index (κ1) is 14.6. The number of hydrogen-bond donors (Lipinski definition) is 1. The molecule has 0 spiro atoms. The van der Waals surface area contributed by atoms with Crippen LogP contribution in [0.25, 0.3) is 0 Å². The molecule has 6 nitrogen and oxygen atoms in total. The van der Waals surface area contributed by atoms with Crippen LogP contribution < -0.4 is 10.1 Å². The first-order chi connectivity index (χ1) is 10.0. The quantitative estimate of drug-likeness (QED) is 0.675. The average Bonchev–Trinajstić information content (AvgIpc) is 2.43. The van der Waals surface area contributed by atoms with Crippen molar-refractivity contribution in [3.8, 4) is 11.6 Å². The van der Waals surface area contributed by atoms with E-state index < -0.39 is 16.6 Å². The number of anilines is 1. The number of benzene rings is 1. The lowest BCUT2D eigenvalue weighted by Crippen LogP contribution is -2.02. The molecule has 0 radical (unpaired) electrons. The number of nitrogens with one attached hydrogen (secondary N) is 1. The van der Waals surface area contributed by atoms with E-state index in [0.717, 1.165) is 18.2 Å². The third-order valence-electron chi connectivity index (χ3n) is 2.50. The predicted octanol–water partition coefficient (Wildman–Crippen LogP) is 3.49. The molecule has 21 heavy (non-hydrogen) atoms. The lowest BCUT2D eigenvalue weighted by molar-refractivity contribution is -0.386. The monoisotopic (exact) mass is 295 g/mol. The Morgan fingerprint density at radius 1 is 1.29 bits per heavy atom. The minimum Gasteiger partial charge on any atom is -0.434 e. The Morgan fingerprint density at radius 3 is 2.67 bits per heavy atom. The highest BCUT2D eigenvalue weighted by atomic mass is 19.2. The average molecular weight is 295 g/mol. The minimum absolute atomic E-state index is 0.0850. The Balaban J connectivity index is 2.37. The molecule has 0 saturated carbocycles. The molecule has 0 aliphatic rings. The van der Waals surface area contributed by atoms with Crippen molar-refractivity contribution in [1.29, 1.82) is 0 Å². The van der Waals surface area contributed by atoms with Gasteiger partial charge in [-0.05, 0) is 25.1 Å². The maximum Gasteiger partial charge on any atom is 0.331 e. The molecular weight excluding hydrogens is 284 g/mol. The van der Waals surface area contributed by atoms with Crippen LogP contribution in [0.2, 0.25) is 0 Å². The fraction of sp³-hybridized carbons (Fsp3) is 0.154. The Labute approximate surface area is 118 Å². The molecule has 0 fully saturated rings. The molecule has 0 atom stereocenters. The molecule has 0 amide bonds. The first-order valence-corrected chi connectivity index (χ1v) is 6.03. The van der Waals surface area contributed by atoms with E-state index in [9.17, 15) is 18.9 Å². The Kier molecular flexibility index (Phi) is 4.27. The molecule has 0 saturated heterocycles. The van der Waals surface area contributed by atoms with Gasteiger partial charge in [-0.15, -0.1) is 0 Å². The van der Waals surface area contributed by atoms with Crippen LogP contribution in [0.5, 0.6) is 11.6 Å². The smallest absolute Gasteiger partial charge is 0.331 e. The Hall–Kier alpha value is -2.77. The third-order valence-corrected chi connectivity index (χ3v) is 2.50. The predicted molar refractivity (Wildman–Crippen MR) is 71.5 cm³/mol. The van der Waals surface area contributed by atoms with Crippen molar-refractivity contribution in [1.82, 2.24) is 4.98 Å². The van der Waals surface area contributed by atoms with Gasteiger partial charge in [0.05, 0.1) is 4.92 Å². The number of aromatic nitrogens is 1. The second-order valence-electron chi connectivity index (χ2n) is 3.99. The molecule has 2 rings (SSSR count). The Bertz CT molecular complexity index is 680. The fourth-order valence-corrected chi connectivity index (χ4v) is 1.58. The molecule has 8 heteroatoms. The van der Waals surface area contributed by atoms with Crippen LogP contribution in [0.4, 0.5) is 20.3 Å². The summed E-state index contributed by atoms with van der Waals surface area (Å²) in [5.74, 6) is -2.16. The summed E-state index contributed by atoms with van der Waals surface area (Å²) < 4.78 is 31.2. The summed E-state index contributed by atoms with van der Waals surface area (Å²) in [6.45, 7) is 2.40. The van der Waals surface area contributed by atoms with E-state index in [1.807, 2.05) is 6.92 Å². The van der Waals surface area contributed by atoms with Crippen LogP contribution in [0.3, 0.4) is 0 Å². The van der Waals surface area contributed by atoms with Crippen molar-refractivity contribution in [2.24, 2.45) is 0 Å². The molecule has 1 N–H and O–H groups in total. The number of rotatable bonds is 5. The van der Waals surface area contributed by atoms with Gasteiger partial charge < -0.3 is 10.1 Å². The van der Waals surface area contributed by atoms with E-state index in [0.29, 0.717) is 12.4 Å².